The maximum Gasteiger partial charge on any atom is -0.0103 e. The minimum absolute atomic E-state index is 0.301. The summed E-state index contributed by atoms with van der Waals surface area (Å²) in [7, 11) is 0. The van der Waals surface area contributed by atoms with Gasteiger partial charge >= 0.3 is 0 Å². The molecule has 1 aromatic carbocycles. The van der Waals surface area contributed by atoms with Crippen molar-refractivity contribution >= 4 is 0 Å². The number of aryl methyl sites for hydroxylation is 1. The zero-order chi connectivity index (χ0) is 13.4. The lowest BCUT2D eigenvalue weighted by molar-refractivity contribution is 0.450. The van der Waals surface area contributed by atoms with Gasteiger partial charge in [0.05, 0.1) is 0 Å². The number of benzene rings is 1. The minimum Gasteiger partial charge on any atom is -0.0654 e. The summed E-state index contributed by atoms with van der Waals surface area (Å²) in [5, 5.41) is 0. The number of rotatable bonds is 8. The van der Waals surface area contributed by atoms with E-state index in [1.54, 1.807) is 0 Å². The molecule has 1 aromatic rings. The van der Waals surface area contributed by atoms with E-state index in [9.17, 15) is 0 Å². The van der Waals surface area contributed by atoms with E-state index >= 15 is 0 Å². The molecule has 1 rings (SSSR count). The van der Waals surface area contributed by atoms with Gasteiger partial charge in [-0.2, -0.15) is 0 Å². The van der Waals surface area contributed by atoms with Crippen LogP contribution in [0.15, 0.2) is 18.2 Å². The molecular formula is C18H29. The van der Waals surface area contributed by atoms with Crippen LogP contribution in [0.4, 0.5) is 0 Å². The maximum absolute atomic E-state index is 3.47. The molecule has 0 unspecified atom stereocenters. The highest BCUT2D eigenvalue weighted by atomic mass is 14.2. The molecule has 0 saturated heterocycles. The smallest absolute Gasteiger partial charge is 0.0103 e. The monoisotopic (exact) mass is 245 g/mol. The van der Waals surface area contributed by atoms with Gasteiger partial charge in [0.2, 0.25) is 0 Å². The molecule has 0 atom stereocenters. The summed E-state index contributed by atoms with van der Waals surface area (Å²) in [6.07, 6.45) is 8.98. The highest BCUT2D eigenvalue weighted by molar-refractivity contribution is 5.27. The second-order valence-corrected chi connectivity index (χ2v) is 6.05. The van der Waals surface area contributed by atoms with Gasteiger partial charge in [0.15, 0.2) is 0 Å². The summed E-state index contributed by atoms with van der Waals surface area (Å²) in [6, 6.07) is 10.3. The average Bonchev–Trinajstić information content (AvgIpc) is 2.37. The fourth-order valence-electron chi connectivity index (χ4n) is 2.36. The Bertz CT molecular complexity index is 318. The Kier molecular flexibility index (Phi) is 6.46. The first-order valence-electron chi connectivity index (χ1n) is 7.61. The van der Waals surface area contributed by atoms with Crippen LogP contribution in [0.1, 0.15) is 77.3 Å². The van der Waals surface area contributed by atoms with E-state index in [2.05, 4.69) is 52.0 Å². The first-order chi connectivity index (χ1) is 8.60. The van der Waals surface area contributed by atoms with Crippen LogP contribution in [0.3, 0.4) is 0 Å². The van der Waals surface area contributed by atoms with Crippen molar-refractivity contribution in [3.63, 3.8) is 0 Å². The molecule has 0 amide bonds. The lowest BCUT2D eigenvalue weighted by Gasteiger charge is -2.25. The first kappa shape index (κ1) is 15.3. The fourth-order valence-corrected chi connectivity index (χ4v) is 2.36. The van der Waals surface area contributed by atoms with Crippen molar-refractivity contribution < 1.29 is 0 Å². The second-order valence-electron chi connectivity index (χ2n) is 6.05. The molecule has 0 saturated carbocycles. The Morgan fingerprint density at radius 2 is 1.72 bits per heavy atom. The molecule has 0 N–H and O–H groups in total. The fraction of sp³-hybridized carbons (Fsp3) is 0.667. The van der Waals surface area contributed by atoms with E-state index in [4.69, 9.17) is 0 Å². The number of hydrogen-bond acceptors (Lipinski definition) is 0. The number of unbranched alkanes of at least 4 members (excludes halogenated alkanes) is 3. The van der Waals surface area contributed by atoms with E-state index in [-0.39, 0.29) is 0 Å². The van der Waals surface area contributed by atoms with E-state index < -0.39 is 0 Å². The van der Waals surface area contributed by atoms with E-state index in [0.717, 1.165) is 0 Å². The average molecular weight is 245 g/mol. The van der Waals surface area contributed by atoms with Crippen molar-refractivity contribution in [3.8, 4) is 0 Å². The Morgan fingerprint density at radius 3 is 2.28 bits per heavy atom. The zero-order valence-corrected chi connectivity index (χ0v) is 12.7. The van der Waals surface area contributed by atoms with E-state index in [1.807, 2.05) is 0 Å². The van der Waals surface area contributed by atoms with Gasteiger partial charge < -0.3 is 0 Å². The molecule has 0 aromatic heterocycles. The molecule has 0 aliphatic carbocycles. The van der Waals surface area contributed by atoms with Crippen LogP contribution in [-0.2, 0) is 11.8 Å². The number of hydrogen-bond donors (Lipinski definition) is 0. The van der Waals surface area contributed by atoms with Gasteiger partial charge in [0, 0.05) is 0 Å². The summed E-state index contributed by atoms with van der Waals surface area (Å²) in [5.41, 5.74) is 3.11. The van der Waals surface area contributed by atoms with Crippen molar-refractivity contribution in [1.82, 2.24) is 0 Å². The third-order valence-corrected chi connectivity index (χ3v) is 3.86. The van der Waals surface area contributed by atoms with Gasteiger partial charge in [-0.25, -0.2) is 0 Å². The third-order valence-electron chi connectivity index (χ3n) is 3.86. The molecule has 0 nitrogen and oxygen atoms in total. The van der Waals surface area contributed by atoms with Crippen LogP contribution >= 0.6 is 0 Å². The van der Waals surface area contributed by atoms with E-state index in [0.29, 0.717) is 5.41 Å². The van der Waals surface area contributed by atoms with Crippen LogP contribution in [-0.4, -0.2) is 0 Å². The molecule has 0 aliphatic rings. The molecule has 18 heavy (non-hydrogen) atoms. The van der Waals surface area contributed by atoms with Gasteiger partial charge in [-0.15, -0.1) is 0 Å². The van der Waals surface area contributed by atoms with Gasteiger partial charge in [0.1, 0.15) is 0 Å². The Hall–Kier alpha value is -0.780. The normalized spacial score (nSPS) is 11.8. The molecule has 101 valence electrons. The first-order valence-corrected chi connectivity index (χ1v) is 7.61. The SMILES string of the molecule is CCCCCC(C)(C)c1c[c]c(CCCC)cc1. The summed E-state index contributed by atoms with van der Waals surface area (Å²) in [5.74, 6) is 0. The van der Waals surface area contributed by atoms with Crippen LogP contribution in [0.5, 0.6) is 0 Å². The molecule has 0 bridgehead atoms. The van der Waals surface area contributed by atoms with Crippen molar-refractivity contribution in [2.75, 3.05) is 0 Å². The van der Waals surface area contributed by atoms with Gasteiger partial charge in [0.25, 0.3) is 0 Å². The third kappa shape index (κ3) is 4.84. The highest BCUT2D eigenvalue weighted by Gasteiger charge is 2.19. The van der Waals surface area contributed by atoms with Crippen LogP contribution in [0.25, 0.3) is 0 Å². The van der Waals surface area contributed by atoms with Crippen molar-refractivity contribution in [2.45, 2.75) is 78.1 Å². The zero-order valence-electron chi connectivity index (χ0n) is 12.7. The molecule has 0 heteroatoms. The van der Waals surface area contributed by atoms with Gasteiger partial charge in [-0.05, 0) is 41.9 Å². The second kappa shape index (κ2) is 7.61. The molecule has 0 spiro atoms. The molecular weight excluding hydrogens is 216 g/mol. The predicted molar refractivity (Wildman–Crippen MR) is 81.1 cm³/mol. The van der Waals surface area contributed by atoms with Crippen molar-refractivity contribution in [3.05, 3.63) is 35.4 Å². The van der Waals surface area contributed by atoms with Crippen molar-refractivity contribution in [2.24, 2.45) is 0 Å². The van der Waals surface area contributed by atoms with Crippen LogP contribution < -0.4 is 0 Å². The Balaban J connectivity index is 2.59. The highest BCUT2D eigenvalue weighted by Crippen LogP contribution is 2.29. The van der Waals surface area contributed by atoms with Gasteiger partial charge in [-0.1, -0.05) is 71.6 Å². The summed E-state index contributed by atoms with van der Waals surface area (Å²) >= 11 is 0. The molecule has 0 heterocycles. The Morgan fingerprint density at radius 1 is 1.00 bits per heavy atom. The molecule has 0 aliphatic heterocycles. The van der Waals surface area contributed by atoms with Crippen LogP contribution in [0, 0.1) is 6.07 Å². The molecule has 1 radical (unpaired) electrons. The maximum atomic E-state index is 3.47. The summed E-state index contributed by atoms with van der Waals surface area (Å²) in [6.45, 7) is 9.23. The summed E-state index contributed by atoms with van der Waals surface area (Å²) < 4.78 is 0. The van der Waals surface area contributed by atoms with Crippen molar-refractivity contribution in [1.29, 1.82) is 0 Å². The Labute approximate surface area is 114 Å². The minimum atomic E-state index is 0.301. The standard InChI is InChI=1S/C18H29/c1-5-7-9-15-18(3,4)17-13-11-16(12-14-17)10-8-6-2/h11,13-14H,5-10,15H2,1-4H3. The predicted octanol–water partition coefficient (Wildman–Crippen LogP) is 5.69. The lowest BCUT2D eigenvalue weighted by Crippen LogP contribution is -2.16. The topological polar surface area (TPSA) is 0 Å². The molecule has 0 fully saturated rings. The van der Waals surface area contributed by atoms with E-state index in [1.165, 1.54) is 56.1 Å². The van der Waals surface area contributed by atoms with Gasteiger partial charge in [-0.3, -0.25) is 0 Å². The largest absolute Gasteiger partial charge is 0.0654 e. The lowest BCUT2D eigenvalue weighted by atomic mass is 9.79. The quantitative estimate of drug-likeness (QED) is 0.516. The summed E-state index contributed by atoms with van der Waals surface area (Å²) in [4.78, 5) is 0. The van der Waals surface area contributed by atoms with Crippen LogP contribution in [0.2, 0.25) is 0 Å².